The summed E-state index contributed by atoms with van der Waals surface area (Å²) in [5, 5.41) is 0. The molecule has 2 aromatic rings. The molecule has 2 aromatic carbocycles. The van der Waals surface area contributed by atoms with Crippen LogP contribution in [-0.2, 0) is 11.3 Å². The Bertz CT molecular complexity index is 654. The minimum Gasteiger partial charge on any atom is -0.486 e. The predicted octanol–water partition coefficient (Wildman–Crippen LogP) is 4.17. The van der Waals surface area contributed by atoms with Gasteiger partial charge in [-0.3, -0.25) is 0 Å². The summed E-state index contributed by atoms with van der Waals surface area (Å²) in [6.07, 6.45) is -0.274. The maximum atomic E-state index is 11.6. The van der Waals surface area contributed by atoms with Crippen molar-refractivity contribution in [1.29, 1.82) is 0 Å². The van der Waals surface area contributed by atoms with Crippen LogP contribution in [0.5, 0.6) is 5.75 Å². The molecule has 0 radical (unpaired) electrons. The number of rotatable bonds is 5. The van der Waals surface area contributed by atoms with E-state index in [1.807, 2.05) is 56.3 Å². The molecule has 0 aromatic heterocycles. The van der Waals surface area contributed by atoms with Gasteiger partial charge in [0, 0.05) is 6.54 Å². The van der Waals surface area contributed by atoms with Crippen molar-refractivity contribution < 1.29 is 14.3 Å². The van der Waals surface area contributed by atoms with E-state index in [-0.39, 0.29) is 18.3 Å². The number of cyclic esters (lactones) is 1. The van der Waals surface area contributed by atoms with Crippen LogP contribution in [0.2, 0.25) is 0 Å². The van der Waals surface area contributed by atoms with Crippen LogP contribution in [0.1, 0.15) is 31.1 Å². The molecule has 120 valence electrons. The molecule has 0 spiro atoms. The van der Waals surface area contributed by atoms with Crippen molar-refractivity contribution in [2.45, 2.75) is 32.6 Å². The number of ether oxygens (including phenoxy) is 2. The molecule has 1 aliphatic rings. The third kappa shape index (κ3) is 3.83. The Kier molecular flexibility index (Phi) is 4.51. The zero-order valence-corrected chi connectivity index (χ0v) is 13.4. The second-order valence-corrected chi connectivity index (χ2v) is 5.89. The van der Waals surface area contributed by atoms with Gasteiger partial charge in [-0.1, -0.05) is 42.5 Å². The monoisotopic (exact) mass is 311 g/mol. The summed E-state index contributed by atoms with van der Waals surface area (Å²) in [5.41, 5.74) is 2.21. The molecule has 3 rings (SSSR count). The molecule has 0 N–H and O–H groups in total. The Labute approximate surface area is 136 Å². The number of nitrogens with zero attached hydrogens (tertiary/aromatic N) is 1. The fourth-order valence-corrected chi connectivity index (χ4v) is 2.69. The molecular weight excluding hydrogens is 290 g/mol. The Hall–Kier alpha value is -2.49. The number of carbonyl (C=O) groups excluding carboxylic acids is 1. The summed E-state index contributed by atoms with van der Waals surface area (Å²) < 4.78 is 11.1. The Morgan fingerprint density at radius 2 is 1.87 bits per heavy atom. The highest BCUT2D eigenvalue weighted by Crippen LogP contribution is 2.23. The first-order valence-electron chi connectivity index (χ1n) is 7.88. The van der Waals surface area contributed by atoms with Crippen molar-refractivity contribution in [2.75, 3.05) is 6.54 Å². The van der Waals surface area contributed by atoms with E-state index in [4.69, 9.17) is 9.47 Å². The standard InChI is InChI=1S/C19H21NO3/c1-14-12-20(19(21)22-14)13-16-8-10-18(11-9-16)23-15(2)17-6-4-3-5-7-17/h3-11,14-15H,12-13H2,1-2H3/t14-,15-/m1/s1. The first-order valence-corrected chi connectivity index (χ1v) is 7.88. The summed E-state index contributed by atoms with van der Waals surface area (Å²) in [4.78, 5) is 13.4. The smallest absolute Gasteiger partial charge is 0.410 e. The van der Waals surface area contributed by atoms with Gasteiger partial charge in [-0.2, -0.15) is 0 Å². The van der Waals surface area contributed by atoms with Gasteiger partial charge in [0.15, 0.2) is 0 Å². The number of benzene rings is 2. The number of hydrogen-bond acceptors (Lipinski definition) is 3. The number of carbonyl (C=O) groups is 1. The molecule has 0 saturated carbocycles. The molecule has 0 aliphatic carbocycles. The molecule has 1 fully saturated rings. The van der Waals surface area contributed by atoms with Gasteiger partial charge in [0.25, 0.3) is 0 Å². The van der Waals surface area contributed by atoms with Crippen LogP contribution in [0.25, 0.3) is 0 Å². The summed E-state index contributed by atoms with van der Waals surface area (Å²) in [6.45, 7) is 5.14. The molecule has 4 nitrogen and oxygen atoms in total. The van der Waals surface area contributed by atoms with Crippen LogP contribution in [-0.4, -0.2) is 23.6 Å². The van der Waals surface area contributed by atoms with Gasteiger partial charge in [-0.05, 0) is 37.1 Å². The molecule has 2 atom stereocenters. The minimum atomic E-state index is -0.240. The van der Waals surface area contributed by atoms with Crippen molar-refractivity contribution in [2.24, 2.45) is 0 Å². The molecule has 1 aliphatic heterocycles. The second-order valence-electron chi connectivity index (χ2n) is 5.89. The van der Waals surface area contributed by atoms with Gasteiger partial charge >= 0.3 is 6.09 Å². The highest BCUT2D eigenvalue weighted by atomic mass is 16.6. The third-order valence-corrected chi connectivity index (χ3v) is 3.92. The molecule has 1 heterocycles. The molecule has 1 amide bonds. The first-order chi connectivity index (χ1) is 11.1. The summed E-state index contributed by atoms with van der Waals surface area (Å²) in [5.74, 6) is 0.822. The lowest BCUT2D eigenvalue weighted by molar-refractivity contribution is 0.137. The van der Waals surface area contributed by atoms with E-state index in [0.717, 1.165) is 16.9 Å². The third-order valence-electron chi connectivity index (χ3n) is 3.92. The van der Waals surface area contributed by atoms with Gasteiger partial charge < -0.3 is 14.4 Å². The Morgan fingerprint density at radius 1 is 1.17 bits per heavy atom. The Morgan fingerprint density at radius 3 is 2.48 bits per heavy atom. The molecule has 0 unspecified atom stereocenters. The van der Waals surface area contributed by atoms with E-state index in [1.165, 1.54) is 0 Å². The van der Waals surface area contributed by atoms with Gasteiger partial charge in [-0.15, -0.1) is 0 Å². The van der Waals surface area contributed by atoms with Gasteiger partial charge in [0.05, 0.1) is 6.54 Å². The zero-order chi connectivity index (χ0) is 16.2. The second kappa shape index (κ2) is 6.73. The zero-order valence-electron chi connectivity index (χ0n) is 13.4. The molecule has 23 heavy (non-hydrogen) atoms. The van der Waals surface area contributed by atoms with Crippen molar-refractivity contribution in [3.05, 3.63) is 65.7 Å². The molecule has 0 bridgehead atoms. The van der Waals surface area contributed by atoms with E-state index in [2.05, 4.69) is 12.1 Å². The largest absolute Gasteiger partial charge is 0.486 e. The molecular formula is C19H21NO3. The fraction of sp³-hybridized carbons (Fsp3) is 0.316. The van der Waals surface area contributed by atoms with Crippen LogP contribution in [0.4, 0.5) is 4.79 Å². The van der Waals surface area contributed by atoms with Crippen LogP contribution in [0, 0.1) is 0 Å². The highest BCUT2D eigenvalue weighted by molar-refractivity contribution is 5.69. The van der Waals surface area contributed by atoms with E-state index in [1.54, 1.807) is 4.90 Å². The van der Waals surface area contributed by atoms with Crippen molar-refractivity contribution in [3.63, 3.8) is 0 Å². The van der Waals surface area contributed by atoms with Crippen molar-refractivity contribution in [1.82, 2.24) is 4.90 Å². The summed E-state index contributed by atoms with van der Waals surface area (Å²) in [6, 6.07) is 18.0. The molecule has 4 heteroatoms. The van der Waals surface area contributed by atoms with Gasteiger partial charge in [0.2, 0.25) is 0 Å². The van der Waals surface area contributed by atoms with Gasteiger partial charge in [0.1, 0.15) is 18.0 Å². The van der Waals surface area contributed by atoms with Crippen LogP contribution in [0.3, 0.4) is 0 Å². The first kappa shape index (κ1) is 15.4. The average molecular weight is 311 g/mol. The lowest BCUT2D eigenvalue weighted by Gasteiger charge is -2.16. The van der Waals surface area contributed by atoms with Crippen molar-refractivity contribution in [3.8, 4) is 5.75 Å². The summed E-state index contributed by atoms with van der Waals surface area (Å²) in [7, 11) is 0. The summed E-state index contributed by atoms with van der Waals surface area (Å²) >= 11 is 0. The quantitative estimate of drug-likeness (QED) is 0.832. The van der Waals surface area contributed by atoms with Gasteiger partial charge in [-0.25, -0.2) is 4.79 Å². The van der Waals surface area contributed by atoms with Crippen LogP contribution >= 0.6 is 0 Å². The molecule has 1 saturated heterocycles. The topological polar surface area (TPSA) is 38.8 Å². The normalized spacial score (nSPS) is 18.6. The maximum absolute atomic E-state index is 11.6. The Balaban J connectivity index is 1.60. The van der Waals surface area contributed by atoms with Crippen molar-refractivity contribution >= 4 is 6.09 Å². The predicted molar refractivity (Wildman–Crippen MR) is 88.3 cm³/mol. The lowest BCUT2D eigenvalue weighted by Crippen LogP contribution is -2.24. The van der Waals surface area contributed by atoms with E-state index < -0.39 is 0 Å². The lowest BCUT2D eigenvalue weighted by atomic mass is 10.1. The highest BCUT2D eigenvalue weighted by Gasteiger charge is 2.27. The van der Waals surface area contributed by atoms with E-state index >= 15 is 0 Å². The SMILES string of the molecule is C[C@@H]1CN(Cc2ccc(O[C@H](C)c3ccccc3)cc2)C(=O)O1. The van der Waals surface area contributed by atoms with E-state index in [9.17, 15) is 4.79 Å². The average Bonchev–Trinajstić information content (AvgIpc) is 2.87. The van der Waals surface area contributed by atoms with E-state index in [0.29, 0.717) is 13.1 Å². The minimum absolute atomic E-state index is 0.00328. The number of amides is 1. The maximum Gasteiger partial charge on any atom is 0.410 e. The van der Waals surface area contributed by atoms with Crippen LogP contribution in [0.15, 0.2) is 54.6 Å². The number of hydrogen-bond donors (Lipinski definition) is 0. The fourth-order valence-electron chi connectivity index (χ4n) is 2.69. The van der Waals surface area contributed by atoms with Crippen LogP contribution < -0.4 is 4.74 Å².